The molecule has 0 heterocycles. The molecule has 2 unspecified atom stereocenters. The molecule has 0 radical (unpaired) electrons. The molecule has 0 N–H and O–H groups in total. The molecule has 0 aromatic rings. The highest BCUT2D eigenvalue weighted by Crippen LogP contribution is 2.31. The predicted molar refractivity (Wildman–Crippen MR) is 50.6 cm³/mol. The maximum Gasteiger partial charge on any atom is -0.0389 e. The Kier molecular flexibility index (Phi) is 3.96. The molecular weight excluding hydrogens is 132 g/mol. The van der Waals surface area contributed by atoms with Crippen LogP contribution in [0.3, 0.4) is 0 Å². The van der Waals surface area contributed by atoms with Crippen LogP contribution in [-0.2, 0) is 0 Å². The molecule has 0 aromatic heterocycles. The Bertz CT molecular complexity index is 96.2. The lowest BCUT2D eigenvalue weighted by Gasteiger charge is -2.20. The van der Waals surface area contributed by atoms with Gasteiger partial charge in [0.2, 0.25) is 0 Å². The summed E-state index contributed by atoms with van der Waals surface area (Å²) in [5.41, 5.74) is 0. The first kappa shape index (κ1) is 9.09. The summed E-state index contributed by atoms with van der Waals surface area (Å²) in [6.45, 7) is 4.77. The van der Waals surface area contributed by atoms with Crippen molar-refractivity contribution in [3.05, 3.63) is 0 Å². The molecule has 1 rings (SSSR count). The van der Waals surface area contributed by atoms with Crippen molar-refractivity contribution in [2.24, 2.45) is 11.8 Å². The molecule has 1 fully saturated rings. The summed E-state index contributed by atoms with van der Waals surface area (Å²) in [5.74, 6) is 2.07. The van der Waals surface area contributed by atoms with Gasteiger partial charge in [-0.25, -0.2) is 0 Å². The Morgan fingerprint density at radius 1 is 1.09 bits per heavy atom. The highest BCUT2D eigenvalue weighted by Gasteiger charge is 2.18. The van der Waals surface area contributed by atoms with Crippen molar-refractivity contribution in [2.75, 3.05) is 0 Å². The van der Waals surface area contributed by atoms with Gasteiger partial charge in [0.15, 0.2) is 0 Å². The molecule has 2 atom stereocenters. The van der Waals surface area contributed by atoms with E-state index in [0.717, 1.165) is 11.8 Å². The Labute approximate surface area is 71.4 Å². The van der Waals surface area contributed by atoms with E-state index in [1.807, 2.05) is 0 Å². The van der Waals surface area contributed by atoms with Gasteiger partial charge in [-0.15, -0.1) is 0 Å². The van der Waals surface area contributed by atoms with E-state index in [1.54, 1.807) is 0 Å². The maximum absolute atomic E-state index is 2.45. The number of hydrogen-bond donors (Lipinski definition) is 0. The fraction of sp³-hybridized carbons (Fsp3) is 1.00. The molecule has 0 nitrogen and oxygen atoms in total. The second-order valence-electron chi connectivity index (χ2n) is 4.16. The van der Waals surface area contributed by atoms with Crippen LogP contribution >= 0.6 is 0 Å². The van der Waals surface area contributed by atoms with Crippen LogP contribution in [0, 0.1) is 11.8 Å². The highest BCUT2D eigenvalue weighted by atomic mass is 14.2. The lowest BCUT2D eigenvalue weighted by atomic mass is 9.86. The number of hydrogen-bond acceptors (Lipinski definition) is 0. The summed E-state index contributed by atoms with van der Waals surface area (Å²) < 4.78 is 0. The summed E-state index contributed by atoms with van der Waals surface area (Å²) >= 11 is 0. The van der Waals surface area contributed by atoms with Gasteiger partial charge in [0.05, 0.1) is 0 Å². The lowest BCUT2D eigenvalue weighted by Crippen LogP contribution is -2.09. The first-order valence-electron chi connectivity index (χ1n) is 5.34. The van der Waals surface area contributed by atoms with Gasteiger partial charge in [0.25, 0.3) is 0 Å². The minimum Gasteiger partial charge on any atom is -0.0654 e. The van der Waals surface area contributed by atoms with Crippen molar-refractivity contribution in [2.45, 2.75) is 58.8 Å². The zero-order valence-electron chi connectivity index (χ0n) is 8.10. The van der Waals surface area contributed by atoms with E-state index in [0.29, 0.717) is 0 Å². The summed E-state index contributed by atoms with van der Waals surface area (Å²) in [6, 6.07) is 0. The quantitative estimate of drug-likeness (QED) is 0.527. The van der Waals surface area contributed by atoms with Crippen molar-refractivity contribution in [3.63, 3.8) is 0 Å². The van der Waals surface area contributed by atoms with Crippen molar-refractivity contribution in [1.29, 1.82) is 0 Å². The smallest absolute Gasteiger partial charge is 0.0389 e. The van der Waals surface area contributed by atoms with E-state index < -0.39 is 0 Å². The van der Waals surface area contributed by atoms with Gasteiger partial charge < -0.3 is 0 Å². The van der Waals surface area contributed by atoms with Crippen LogP contribution in [0.1, 0.15) is 58.8 Å². The Morgan fingerprint density at radius 2 is 1.82 bits per heavy atom. The van der Waals surface area contributed by atoms with Crippen molar-refractivity contribution >= 4 is 0 Å². The van der Waals surface area contributed by atoms with Crippen LogP contribution < -0.4 is 0 Å². The number of rotatable bonds is 2. The minimum atomic E-state index is 1.01. The van der Waals surface area contributed by atoms with Gasteiger partial charge in [-0.1, -0.05) is 58.8 Å². The predicted octanol–water partition coefficient (Wildman–Crippen LogP) is 4.00. The normalized spacial score (nSPS) is 33.3. The SMILES string of the molecule is CCCC1CCCCCC1C. The van der Waals surface area contributed by atoms with Gasteiger partial charge in [-0.2, -0.15) is 0 Å². The molecule has 0 saturated heterocycles. The largest absolute Gasteiger partial charge is 0.0654 e. The Hall–Kier alpha value is 0. The first-order valence-corrected chi connectivity index (χ1v) is 5.34. The molecule has 0 bridgehead atoms. The summed E-state index contributed by atoms with van der Waals surface area (Å²) in [4.78, 5) is 0. The average molecular weight is 154 g/mol. The van der Waals surface area contributed by atoms with Crippen LogP contribution in [0.4, 0.5) is 0 Å². The summed E-state index contributed by atoms with van der Waals surface area (Å²) in [5, 5.41) is 0. The molecule has 1 aliphatic carbocycles. The van der Waals surface area contributed by atoms with Crippen molar-refractivity contribution < 1.29 is 0 Å². The van der Waals surface area contributed by atoms with Crippen molar-refractivity contribution in [1.82, 2.24) is 0 Å². The van der Waals surface area contributed by atoms with Gasteiger partial charge in [-0.3, -0.25) is 0 Å². The van der Waals surface area contributed by atoms with Gasteiger partial charge in [0.1, 0.15) is 0 Å². The van der Waals surface area contributed by atoms with Crippen LogP contribution in [0.25, 0.3) is 0 Å². The van der Waals surface area contributed by atoms with E-state index in [1.165, 1.54) is 44.9 Å². The zero-order chi connectivity index (χ0) is 8.10. The Morgan fingerprint density at radius 3 is 2.55 bits per heavy atom. The zero-order valence-corrected chi connectivity index (χ0v) is 8.10. The third-order valence-corrected chi connectivity index (χ3v) is 3.20. The fourth-order valence-electron chi connectivity index (χ4n) is 2.37. The standard InChI is InChI=1S/C11H22/c1-3-7-11-9-6-4-5-8-10(11)2/h10-11H,3-9H2,1-2H3. The van der Waals surface area contributed by atoms with Gasteiger partial charge in [-0.05, 0) is 11.8 Å². The molecule has 0 heteroatoms. The van der Waals surface area contributed by atoms with Gasteiger partial charge in [0, 0.05) is 0 Å². The van der Waals surface area contributed by atoms with Crippen LogP contribution in [0.5, 0.6) is 0 Å². The topological polar surface area (TPSA) is 0 Å². The minimum absolute atomic E-state index is 1.01. The third-order valence-electron chi connectivity index (χ3n) is 3.20. The highest BCUT2D eigenvalue weighted by molar-refractivity contribution is 4.70. The maximum atomic E-state index is 2.45. The third kappa shape index (κ3) is 2.84. The Balaban J connectivity index is 2.32. The summed E-state index contributed by atoms with van der Waals surface area (Å²) in [6.07, 6.45) is 10.3. The molecule has 1 saturated carbocycles. The lowest BCUT2D eigenvalue weighted by molar-refractivity contribution is 0.315. The molecule has 0 aromatic carbocycles. The average Bonchev–Trinajstić information content (AvgIpc) is 2.18. The molecule has 0 aliphatic heterocycles. The molecule has 0 spiro atoms. The first-order chi connectivity index (χ1) is 5.34. The van der Waals surface area contributed by atoms with Crippen LogP contribution in [0.2, 0.25) is 0 Å². The molecule has 66 valence electrons. The molecule has 1 aliphatic rings. The van der Waals surface area contributed by atoms with Crippen LogP contribution in [0.15, 0.2) is 0 Å². The van der Waals surface area contributed by atoms with E-state index in [9.17, 15) is 0 Å². The van der Waals surface area contributed by atoms with E-state index in [2.05, 4.69) is 13.8 Å². The van der Waals surface area contributed by atoms with E-state index in [-0.39, 0.29) is 0 Å². The second-order valence-corrected chi connectivity index (χ2v) is 4.16. The van der Waals surface area contributed by atoms with Gasteiger partial charge >= 0.3 is 0 Å². The molecule has 11 heavy (non-hydrogen) atoms. The van der Waals surface area contributed by atoms with Crippen molar-refractivity contribution in [3.8, 4) is 0 Å². The fourth-order valence-corrected chi connectivity index (χ4v) is 2.37. The second kappa shape index (κ2) is 4.79. The molecular formula is C11H22. The van der Waals surface area contributed by atoms with E-state index in [4.69, 9.17) is 0 Å². The molecule has 0 amide bonds. The van der Waals surface area contributed by atoms with Crippen LogP contribution in [-0.4, -0.2) is 0 Å². The monoisotopic (exact) mass is 154 g/mol. The van der Waals surface area contributed by atoms with E-state index >= 15 is 0 Å². The summed E-state index contributed by atoms with van der Waals surface area (Å²) in [7, 11) is 0.